The summed E-state index contributed by atoms with van der Waals surface area (Å²) in [4.78, 5) is 9.56. The molecule has 3 N–H and O–H groups in total. The van der Waals surface area contributed by atoms with Crippen molar-refractivity contribution < 1.29 is 6.16 Å². The van der Waals surface area contributed by atoms with E-state index < -0.39 is 0 Å². The first-order chi connectivity index (χ1) is 14.4. The summed E-state index contributed by atoms with van der Waals surface area (Å²) in [6.07, 6.45) is 1.95. The van der Waals surface area contributed by atoms with Gasteiger partial charge in [-0.1, -0.05) is 45.0 Å². The standard InChI is InChI=1S/C23H30N6O.H2/c1-15-13-21(29-28-15)25-20-14-19(24-18-9-11-30-12-10-18)26-22(27-20)16-5-7-17(8-6-16)23(2,3)4;/h5-8,13-14,18H,9-12H2,1-4H3,(H3,24,25,26,27,28,29);1H. The van der Waals surface area contributed by atoms with E-state index in [1.165, 1.54) is 5.56 Å². The second-order valence-electron chi connectivity index (χ2n) is 8.88. The zero-order chi connectivity index (χ0) is 21.1. The molecule has 1 aliphatic rings. The van der Waals surface area contributed by atoms with Gasteiger partial charge in [0, 0.05) is 44.1 Å². The number of benzene rings is 1. The third-order valence-corrected chi connectivity index (χ3v) is 5.27. The first kappa shape index (κ1) is 20.3. The first-order valence-corrected chi connectivity index (χ1v) is 10.5. The lowest BCUT2D eigenvalue weighted by Gasteiger charge is -2.24. The van der Waals surface area contributed by atoms with Gasteiger partial charge in [-0.05, 0) is 30.7 Å². The van der Waals surface area contributed by atoms with E-state index in [-0.39, 0.29) is 6.84 Å². The van der Waals surface area contributed by atoms with Crippen molar-refractivity contribution >= 4 is 17.5 Å². The number of aryl methyl sites for hydroxylation is 1. The topological polar surface area (TPSA) is 87.8 Å². The molecule has 0 bridgehead atoms. The van der Waals surface area contributed by atoms with E-state index in [1.807, 2.05) is 19.1 Å². The highest BCUT2D eigenvalue weighted by atomic mass is 16.5. The Bertz CT molecular complexity index is 990. The van der Waals surface area contributed by atoms with Crippen LogP contribution in [-0.4, -0.2) is 39.4 Å². The van der Waals surface area contributed by atoms with Crippen LogP contribution in [0.25, 0.3) is 11.4 Å². The van der Waals surface area contributed by atoms with Gasteiger partial charge in [-0.3, -0.25) is 5.10 Å². The van der Waals surface area contributed by atoms with Crippen LogP contribution in [0.1, 0.15) is 46.3 Å². The number of rotatable bonds is 5. The first-order valence-electron chi connectivity index (χ1n) is 10.5. The van der Waals surface area contributed by atoms with Crippen LogP contribution in [0, 0.1) is 6.92 Å². The number of ether oxygens (including phenoxy) is 1. The van der Waals surface area contributed by atoms with Crippen LogP contribution < -0.4 is 10.6 Å². The molecule has 0 aliphatic carbocycles. The second kappa shape index (κ2) is 8.44. The van der Waals surface area contributed by atoms with Gasteiger partial charge in [0.25, 0.3) is 0 Å². The fourth-order valence-corrected chi connectivity index (χ4v) is 3.50. The molecule has 7 heteroatoms. The summed E-state index contributed by atoms with van der Waals surface area (Å²) in [6.45, 7) is 10.2. The maximum atomic E-state index is 5.48. The number of aromatic nitrogens is 4. The van der Waals surface area contributed by atoms with Gasteiger partial charge < -0.3 is 15.4 Å². The number of hydrogen-bond acceptors (Lipinski definition) is 6. The molecule has 0 unspecified atom stereocenters. The highest BCUT2D eigenvalue weighted by Gasteiger charge is 2.17. The van der Waals surface area contributed by atoms with E-state index >= 15 is 0 Å². The zero-order valence-corrected chi connectivity index (χ0v) is 18.1. The van der Waals surface area contributed by atoms with Gasteiger partial charge in [-0.2, -0.15) is 5.10 Å². The van der Waals surface area contributed by atoms with E-state index in [4.69, 9.17) is 14.7 Å². The van der Waals surface area contributed by atoms with Crippen LogP contribution in [-0.2, 0) is 10.2 Å². The maximum absolute atomic E-state index is 5.48. The third kappa shape index (κ3) is 4.97. The number of aromatic amines is 1. The van der Waals surface area contributed by atoms with E-state index in [1.54, 1.807) is 0 Å². The van der Waals surface area contributed by atoms with Gasteiger partial charge in [-0.25, -0.2) is 9.97 Å². The van der Waals surface area contributed by atoms with Crippen molar-refractivity contribution in [2.75, 3.05) is 23.8 Å². The van der Waals surface area contributed by atoms with Gasteiger partial charge in [-0.15, -0.1) is 0 Å². The summed E-state index contributed by atoms with van der Waals surface area (Å²) < 4.78 is 5.48. The average Bonchev–Trinajstić information content (AvgIpc) is 3.12. The van der Waals surface area contributed by atoms with Crippen molar-refractivity contribution in [2.24, 2.45) is 0 Å². The molecule has 4 rings (SSSR count). The Labute approximate surface area is 179 Å². The molecule has 0 spiro atoms. The SMILES string of the molecule is Cc1cc(Nc2cc(NC3CCOCC3)nc(-c3ccc(C(C)(C)C)cc3)n2)n[nH]1.[HH]. The Kier molecular flexibility index (Phi) is 5.72. The molecule has 1 aliphatic heterocycles. The smallest absolute Gasteiger partial charge is 0.163 e. The number of nitrogens with zero attached hydrogens (tertiary/aromatic N) is 3. The molecule has 2 aromatic heterocycles. The fourth-order valence-electron chi connectivity index (χ4n) is 3.50. The van der Waals surface area contributed by atoms with Crippen molar-refractivity contribution in [1.29, 1.82) is 0 Å². The third-order valence-electron chi connectivity index (χ3n) is 5.27. The van der Waals surface area contributed by atoms with Crippen molar-refractivity contribution in [1.82, 2.24) is 20.2 Å². The molecule has 3 heterocycles. The lowest BCUT2D eigenvalue weighted by molar-refractivity contribution is 0.0904. The van der Waals surface area contributed by atoms with Gasteiger partial charge in [0.15, 0.2) is 11.6 Å². The minimum absolute atomic E-state index is 0. The molecule has 160 valence electrons. The van der Waals surface area contributed by atoms with Crippen molar-refractivity contribution in [3.8, 4) is 11.4 Å². The van der Waals surface area contributed by atoms with E-state index in [0.29, 0.717) is 17.7 Å². The Hall–Kier alpha value is -2.93. The predicted octanol–water partition coefficient (Wildman–Crippen LogP) is 5.05. The minimum atomic E-state index is 0. The molecule has 1 fully saturated rings. The van der Waals surface area contributed by atoms with Crippen LogP contribution >= 0.6 is 0 Å². The summed E-state index contributed by atoms with van der Waals surface area (Å²) >= 11 is 0. The maximum Gasteiger partial charge on any atom is 0.163 e. The Morgan fingerprint density at radius 3 is 2.33 bits per heavy atom. The van der Waals surface area contributed by atoms with Crippen LogP contribution in [0.3, 0.4) is 0 Å². The number of anilines is 3. The van der Waals surface area contributed by atoms with Crippen molar-refractivity contribution in [2.45, 2.75) is 52.0 Å². The van der Waals surface area contributed by atoms with E-state index in [0.717, 1.165) is 48.9 Å². The molecule has 7 nitrogen and oxygen atoms in total. The summed E-state index contributed by atoms with van der Waals surface area (Å²) in [7, 11) is 0. The van der Waals surface area contributed by atoms with E-state index in [9.17, 15) is 0 Å². The van der Waals surface area contributed by atoms with Gasteiger partial charge >= 0.3 is 0 Å². The normalized spacial score (nSPS) is 15.2. The van der Waals surface area contributed by atoms with E-state index in [2.05, 4.69) is 65.9 Å². The molecule has 30 heavy (non-hydrogen) atoms. The Morgan fingerprint density at radius 2 is 1.70 bits per heavy atom. The summed E-state index contributed by atoms with van der Waals surface area (Å²) in [6, 6.07) is 12.7. The molecule has 0 amide bonds. The minimum Gasteiger partial charge on any atom is -0.381 e. The Balaban J connectivity index is 0.00000272. The second-order valence-corrected chi connectivity index (χ2v) is 8.88. The molecule has 0 saturated carbocycles. The molecular formula is C23H32N6O. The fraction of sp³-hybridized carbons (Fsp3) is 0.435. The largest absolute Gasteiger partial charge is 0.381 e. The van der Waals surface area contributed by atoms with Crippen LogP contribution in [0.15, 0.2) is 36.4 Å². The van der Waals surface area contributed by atoms with Crippen molar-refractivity contribution in [3.63, 3.8) is 0 Å². The molecule has 1 aromatic carbocycles. The number of H-pyrrole nitrogens is 1. The molecule has 3 aromatic rings. The quantitative estimate of drug-likeness (QED) is 0.547. The summed E-state index contributed by atoms with van der Waals surface area (Å²) in [5.74, 6) is 2.93. The van der Waals surface area contributed by atoms with Crippen LogP contribution in [0.5, 0.6) is 0 Å². The van der Waals surface area contributed by atoms with Gasteiger partial charge in [0.2, 0.25) is 0 Å². The number of nitrogens with one attached hydrogen (secondary N) is 3. The highest BCUT2D eigenvalue weighted by Crippen LogP contribution is 2.27. The monoisotopic (exact) mass is 408 g/mol. The lowest BCUT2D eigenvalue weighted by atomic mass is 9.87. The molecular weight excluding hydrogens is 376 g/mol. The summed E-state index contributed by atoms with van der Waals surface area (Å²) in [5.41, 5.74) is 3.37. The highest BCUT2D eigenvalue weighted by molar-refractivity contribution is 5.64. The van der Waals surface area contributed by atoms with Gasteiger partial charge in [0.1, 0.15) is 11.6 Å². The molecule has 0 atom stereocenters. The number of hydrogen-bond donors (Lipinski definition) is 3. The van der Waals surface area contributed by atoms with Crippen LogP contribution in [0.2, 0.25) is 0 Å². The van der Waals surface area contributed by atoms with Gasteiger partial charge in [0.05, 0.1) is 0 Å². The lowest BCUT2D eigenvalue weighted by Crippen LogP contribution is -2.28. The van der Waals surface area contributed by atoms with Crippen LogP contribution in [0.4, 0.5) is 17.5 Å². The molecule has 1 saturated heterocycles. The Morgan fingerprint density at radius 1 is 1.00 bits per heavy atom. The molecule has 0 radical (unpaired) electrons. The summed E-state index contributed by atoms with van der Waals surface area (Å²) in [5, 5.41) is 14.1. The van der Waals surface area contributed by atoms with Crippen molar-refractivity contribution in [3.05, 3.63) is 47.7 Å². The zero-order valence-electron chi connectivity index (χ0n) is 18.1. The predicted molar refractivity (Wildman–Crippen MR) is 122 cm³/mol. The average molecular weight is 409 g/mol.